The molecule has 2 aromatic rings. The standard InChI is InChI=1S/C17H17N5O6/c1-10-17(22(26)27)11(2)21(19-10)8-16(25)28-9-15(24)20-7-14(23)18-12-5-3-4-6-13(12)20/h3-6H,7-9H2,1-2H3,(H,18,23). The van der Waals surface area contributed by atoms with Gasteiger partial charge in [-0.25, -0.2) is 0 Å². The predicted octanol–water partition coefficient (Wildman–Crippen LogP) is 0.937. The number of esters is 1. The maximum Gasteiger partial charge on any atom is 0.328 e. The molecule has 3 rings (SSSR count). The van der Waals surface area contributed by atoms with Gasteiger partial charge in [0.25, 0.3) is 5.91 Å². The lowest BCUT2D eigenvalue weighted by atomic mass is 10.2. The summed E-state index contributed by atoms with van der Waals surface area (Å²) in [5.41, 5.74) is 1.24. The third-order valence-corrected chi connectivity index (χ3v) is 4.23. The van der Waals surface area contributed by atoms with Crippen molar-refractivity contribution in [1.29, 1.82) is 0 Å². The number of nitro groups is 1. The van der Waals surface area contributed by atoms with Crippen LogP contribution in [-0.2, 0) is 25.7 Å². The van der Waals surface area contributed by atoms with Crippen LogP contribution in [0.15, 0.2) is 24.3 Å². The fourth-order valence-corrected chi connectivity index (χ4v) is 2.95. The molecule has 0 spiro atoms. The number of rotatable bonds is 5. The van der Waals surface area contributed by atoms with Crippen molar-refractivity contribution in [2.45, 2.75) is 20.4 Å². The summed E-state index contributed by atoms with van der Waals surface area (Å²) < 4.78 is 6.14. The first-order chi connectivity index (χ1) is 13.3. The molecule has 11 heteroatoms. The Morgan fingerprint density at radius 3 is 2.71 bits per heavy atom. The molecule has 1 aliphatic rings. The van der Waals surface area contributed by atoms with Crippen LogP contribution in [0.5, 0.6) is 0 Å². The number of aryl methyl sites for hydroxylation is 1. The fourth-order valence-electron chi connectivity index (χ4n) is 2.95. The smallest absolute Gasteiger partial charge is 0.328 e. The molecule has 0 fully saturated rings. The summed E-state index contributed by atoms with van der Waals surface area (Å²) in [4.78, 5) is 47.9. The first-order valence-electron chi connectivity index (χ1n) is 8.31. The van der Waals surface area contributed by atoms with Crippen LogP contribution in [0.2, 0.25) is 0 Å². The van der Waals surface area contributed by atoms with Crippen LogP contribution in [0.1, 0.15) is 11.4 Å². The Hall–Kier alpha value is -3.76. The topological polar surface area (TPSA) is 137 Å². The Morgan fingerprint density at radius 1 is 1.32 bits per heavy atom. The van der Waals surface area contributed by atoms with Gasteiger partial charge >= 0.3 is 11.7 Å². The van der Waals surface area contributed by atoms with Crippen molar-refractivity contribution in [3.05, 3.63) is 45.8 Å². The number of fused-ring (bicyclic) bond motifs is 1. The van der Waals surface area contributed by atoms with E-state index in [4.69, 9.17) is 4.74 Å². The molecule has 2 heterocycles. The minimum Gasteiger partial charge on any atom is -0.454 e. The van der Waals surface area contributed by atoms with E-state index in [0.717, 1.165) is 4.68 Å². The number of nitrogens with zero attached hydrogens (tertiary/aromatic N) is 4. The second-order valence-electron chi connectivity index (χ2n) is 6.14. The monoisotopic (exact) mass is 387 g/mol. The molecule has 146 valence electrons. The first kappa shape index (κ1) is 19.0. The van der Waals surface area contributed by atoms with E-state index in [1.807, 2.05) is 0 Å². The van der Waals surface area contributed by atoms with Gasteiger partial charge in [-0.1, -0.05) is 12.1 Å². The number of amides is 2. The van der Waals surface area contributed by atoms with Gasteiger partial charge in [0.05, 0.1) is 16.3 Å². The number of aromatic nitrogens is 2. The lowest BCUT2D eigenvalue weighted by Crippen LogP contribution is -2.44. The molecule has 0 radical (unpaired) electrons. The Labute approximate surface area is 159 Å². The van der Waals surface area contributed by atoms with Crippen LogP contribution >= 0.6 is 0 Å². The second kappa shape index (κ2) is 7.47. The van der Waals surface area contributed by atoms with E-state index in [1.54, 1.807) is 24.3 Å². The van der Waals surface area contributed by atoms with Crippen molar-refractivity contribution in [3.8, 4) is 0 Å². The lowest BCUT2D eigenvalue weighted by molar-refractivity contribution is -0.386. The largest absolute Gasteiger partial charge is 0.454 e. The van der Waals surface area contributed by atoms with Gasteiger partial charge in [0.15, 0.2) is 6.61 Å². The highest BCUT2D eigenvalue weighted by Crippen LogP contribution is 2.28. The molecular weight excluding hydrogens is 370 g/mol. The molecule has 0 atom stereocenters. The molecule has 0 saturated carbocycles. The van der Waals surface area contributed by atoms with E-state index < -0.39 is 23.4 Å². The minimum atomic E-state index is -0.774. The van der Waals surface area contributed by atoms with E-state index in [-0.39, 0.29) is 36.1 Å². The highest BCUT2D eigenvalue weighted by molar-refractivity contribution is 6.10. The number of para-hydroxylation sites is 2. The molecule has 1 aliphatic heterocycles. The SMILES string of the molecule is Cc1nn(CC(=O)OCC(=O)N2CC(=O)Nc3ccccc32)c(C)c1[N+](=O)[O-]. The van der Waals surface area contributed by atoms with E-state index in [9.17, 15) is 24.5 Å². The van der Waals surface area contributed by atoms with Crippen LogP contribution in [0, 0.1) is 24.0 Å². The maximum absolute atomic E-state index is 12.4. The third kappa shape index (κ3) is 3.68. The fraction of sp³-hybridized carbons (Fsp3) is 0.294. The number of carbonyl (C=O) groups excluding carboxylic acids is 3. The minimum absolute atomic E-state index is 0.167. The molecular formula is C17H17N5O6. The number of carbonyl (C=O) groups is 3. The van der Waals surface area contributed by atoms with Crippen LogP contribution in [-0.4, -0.2) is 45.6 Å². The van der Waals surface area contributed by atoms with Gasteiger partial charge in [0.1, 0.15) is 24.5 Å². The van der Waals surface area contributed by atoms with Crippen LogP contribution < -0.4 is 10.2 Å². The van der Waals surface area contributed by atoms with Crippen molar-refractivity contribution in [2.24, 2.45) is 0 Å². The summed E-state index contributed by atoms with van der Waals surface area (Å²) in [6, 6.07) is 6.77. The summed E-state index contributed by atoms with van der Waals surface area (Å²) in [6.07, 6.45) is 0. The molecule has 1 aromatic heterocycles. The molecule has 0 saturated heterocycles. The number of nitrogens with one attached hydrogen (secondary N) is 1. The quantitative estimate of drug-likeness (QED) is 0.458. The van der Waals surface area contributed by atoms with Gasteiger partial charge in [-0.3, -0.25) is 34.1 Å². The molecule has 11 nitrogen and oxygen atoms in total. The van der Waals surface area contributed by atoms with Gasteiger partial charge in [0.2, 0.25) is 5.91 Å². The number of benzene rings is 1. The Balaban J connectivity index is 1.64. The summed E-state index contributed by atoms with van der Waals surface area (Å²) in [7, 11) is 0. The molecule has 0 unspecified atom stereocenters. The van der Waals surface area contributed by atoms with E-state index in [1.165, 1.54) is 18.7 Å². The second-order valence-corrected chi connectivity index (χ2v) is 6.14. The van der Waals surface area contributed by atoms with E-state index in [2.05, 4.69) is 10.4 Å². The van der Waals surface area contributed by atoms with Crippen molar-refractivity contribution < 1.29 is 24.0 Å². The number of hydrogen-bond donors (Lipinski definition) is 1. The zero-order chi connectivity index (χ0) is 20.4. The van der Waals surface area contributed by atoms with E-state index in [0.29, 0.717) is 11.4 Å². The van der Waals surface area contributed by atoms with Crippen molar-refractivity contribution >= 4 is 34.8 Å². The average molecular weight is 387 g/mol. The van der Waals surface area contributed by atoms with Crippen LogP contribution in [0.3, 0.4) is 0 Å². The molecule has 0 bridgehead atoms. The summed E-state index contributed by atoms with van der Waals surface area (Å²) in [5.74, 6) is -1.69. The van der Waals surface area contributed by atoms with Crippen LogP contribution in [0.4, 0.5) is 17.1 Å². The van der Waals surface area contributed by atoms with Gasteiger partial charge in [-0.05, 0) is 26.0 Å². The number of ether oxygens (including phenoxy) is 1. The van der Waals surface area contributed by atoms with E-state index >= 15 is 0 Å². The number of anilines is 2. The number of hydrogen-bond acceptors (Lipinski definition) is 7. The van der Waals surface area contributed by atoms with Gasteiger partial charge in [-0.2, -0.15) is 5.10 Å². The highest BCUT2D eigenvalue weighted by atomic mass is 16.6. The Morgan fingerprint density at radius 2 is 2.04 bits per heavy atom. The maximum atomic E-state index is 12.4. The summed E-state index contributed by atoms with van der Waals surface area (Å²) in [5, 5.41) is 17.6. The molecule has 1 aromatic carbocycles. The van der Waals surface area contributed by atoms with Gasteiger partial charge < -0.3 is 10.1 Å². The molecule has 28 heavy (non-hydrogen) atoms. The summed E-state index contributed by atoms with van der Waals surface area (Å²) in [6.45, 7) is 1.82. The normalized spacial score (nSPS) is 12.9. The zero-order valence-corrected chi connectivity index (χ0v) is 15.2. The highest BCUT2D eigenvalue weighted by Gasteiger charge is 2.28. The van der Waals surface area contributed by atoms with Gasteiger partial charge in [-0.15, -0.1) is 0 Å². The Bertz CT molecular complexity index is 982. The average Bonchev–Trinajstić information content (AvgIpc) is 2.92. The van der Waals surface area contributed by atoms with Crippen molar-refractivity contribution in [1.82, 2.24) is 9.78 Å². The molecule has 0 aliphatic carbocycles. The molecule has 2 amide bonds. The molecule has 1 N–H and O–H groups in total. The van der Waals surface area contributed by atoms with Gasteiger partial charge in [0, 0.05) is 0 Å². The third-order valence-electron chi connectivity index (χ3n) is 4.23. The first-order valence-corrected chi connectivity index (χ1v) is 8.31. The zero-order valence-electron chi connectivity index (χ0n) is 15.2. The Kier molecular flexibility index (Phi) is 5.07. The lowest BCUT2D eigenvalue weighted by Gasteiger charge is -2.28. The van der Waals surface area contributed by atoms with Crippen LogP contribution in [0.25, 0.3) is 0 Å². The van der Waals surface area contributed by atoms with Crippen molar-refractivity contribution in [2.75, 3.05) is 23.4 Å². The summed E-state index contributed by atoms with van der Waals surface area (Å²) >= 11 is 0. The van der Waals surface area contributed by atoms with Crippen molar-refractivity contribution in [3.63, 3.8) is 0 Å². The predicted molar refractivity (Wildman–Crippen MR) is 96.7 cm³/mol.